The van der Waals surface area contributed by atoms with Gasteiger partial charge in [0, 0.05) is 6.04 Å². The third-order valence-electron chi connectivity index (χ3n) is 2.16. The molecule has 8 heteroatoms. The Kier molecular flexibility index (Phi) is 4.02. The molecule has 3 N–H and O–H groups in total. The number of carboxylic acids is 1. The van der Waals surface area contributed by atoms with E-state index < -0.39 is 23.6 Å². The van der Waals surface area contributed by atoms with Gasteiger partial charge in [0.2, 0.25) is 5.82 Å². The maximum Gasteiger partial charge on any atom is 0.439 e. The molecule has 1 rings (SSSR count). The van der Waals surface area contributed by atoms with Crippen LogP contribution < -0.4 is 11.1 Å². The number of rotatable bonds is 5. The van der Waals surface area contributed by atoms with E-state index in [-0.39, 0.29) is 18.3 Å². The molecular formula is C9H13N3O5. The Labute approximate surface area is 96.0 Å². The van der Waals surface area contributed by atoms with Gasteiger partial charge in [0.05, 0.1) is 5.92 Å². The van der Waals surface area contributed by atoms with Gasteiger partial charge in [-0.15, -0.1) is 0 Å². The van der Waals surface area contributed by atoms with Gasteiger partial charge in [0.25, 0.3) is 5.91 Å². The number of hydrogen-bond donors (Lipinski definition) is 3. The summed E-state index contributed by atoms with van der Waals surface area (Å²) in [5, 5.41) is 14.4. The number of H-pyrrole nitrogens is 1. The topological polar surface area (TPSA) is 125 Å². The average Bonchev–Trinajstić information content (AvgIpc) is 2.64. The molecule has 0 radical (unpaired) electrons. The molecule has 2 atom stereocenters. The molecule has 1 amide bonds. The van der Waals surface area contributed by atoms with Crippen LogP contribution in [-0.4, -0.2) is 33.2 Å². The number of carboxylic acid groups (broad SMARTS) is 1. The number of nitrogens with zero attached hydrogens (tertiary/aromatic N) is 1. The average molecular weight is 243 g/mol. The minimum Gasteiger partial charge on any atom is -0.481 e. The zero-order valence-corrected chi connectivity index (χ0v) is 9.39. The van der Waals surface area contributed by atoms with Crippen LogP contribution in [0, 0.1) is 5.92 Å². The molecule has 8 nitrogen and oxygen atoms in total. The van der Waals surface area contributed by atoms with Crippen molar-refractivity contribution in [3.05, 3.63) is 16.4 Å². The van der Waals surface area contributed by atoms with Crippen molar-refractivity contribution < 1.29 is 19.2 Å². The number of aliphatic carboxylic acids is 1. The predicted octanol–water partition coefficient (Wildman–Crippen LogP) is -0.408. The number of aromatic nitrogens is 2. The van der Waals surface area contributed by atoms with Crippen LogP contribution in [0.5, 0.6) is 0 Å². The number of carbonyl (C=O) groups excluding carboxylic acids is 1. The molecule has 1 aromatic heterocycles. The van der Waals surface area contributed by atoms with Gasteiger partial charge in [0.15, 0.2) is 0 Å². The SMILES string of the molecule is CC(CC(C)C(=O)O)NC(=O)c1noc(=O)[nH]1. The Bertz CT molecular complexity index is 463. The molecule has 17 heavy (non-hydrogen) atoms. The van der Waals surface area contributed by atoms with Crippen LogP contribution in [0.1, 0.15) is 30.9 Å². The smallest absolute Gasteiger partial charge is 0.439 e. The van der Waals surface area contributed by atoms with Crippen LogP contribution in [0.3, 0.4) is 0 Å². The summed E-state index contributed by atoms with van der Waals surface area (Å²) in [5.41, 5.74) is 0. The summed E-state index contributed by atoms with van der Waals surface area (Å²) in [6.45, 7) is 3.21. The van der Waals surface area contributed by atoms with E-state index in [0.29, 0.717) is 0 Å². The predicted molar refractivity (Wildman–Crippen MR) is 55.5 cm³/mol. The van der Waals surface area contributed by atoms with Crippen molar-refractivity contribution in [1.29, 1.82) is 0 Å². The molecule has 0 saturated carbocycles. The van der Waals surface area contributed by atoms with E-state index in [2.05, 4.69) is 20.0 Å². The Hall–Kier alpha value is -2.12. The van der Waals surface area contributed by atoms with Crippen LogP contribution in [0.2, 0.25) is 0 Å². The van der Waals surface area contributed by atoms with Crippen LogP contribution in [0.15, 0.2) is 9.32 Å². The van der Waals surface area contributed by atoms with Gasteiger partial charge in [-0.1, -0.05) is 6.92 Å². The zero-order chi connectivity index (χ0) is 13.0. The Morgan fingerprint density at radius 3 is 2.65 bits per heavy atom. The van der Waals surface area contributed by atoms with E-state index in [0.717, 1.165) is 0 Å². The highest BCUT2D eigenvalue weighted by Crippen LogP contribution is 2.06. The molecule has 0 bridgehead atoms. The third kappa shape index (κ3) is 3.74. The normalized spacial score (nSPS) is 14.0. The van der Waals surface area contributed by atoms with Crippen molar-refractivity contribution in [2.75, 3.05) is 0 Å². The standard InChI is InChI=1S/C9H13N3O5/c1-4(8(14)15)3-5(2)10-7(13)6-11-9(16)17-12-6/h4-5H,3H2,1-2H3,(H,10,13)(H,14,15)(H,11,12,16). The lowest BCUT2D eigenvalue weighted by atomic mass is 10.0. The van der Waals surface area contributed by atoms with Crippen molar-refractivity contribution >= 4 is 11.9 Å². The summed E-state index contributed by atoms with van der Waals surface area (Å²) in [5.74, 6) is -3.16. The lowest BCUT2D eigenvalue weighted by molar-refractivity contribution is -0.141. The first-order valence-electron chi connectivity index (χ1n) is 4.99. The molecule has 0 saturated heterocycles. The van der Waals surface area contributed by atoms with Gasteiger partial charge in [-0.3, -0.25) is 19.1 Å². The van der Waals surface area contributed by atoms with E-state index in [1.807, 2.05) is 0 Å². The van der Waals surface area contributed by atoms with Crippen molar-refractivity contribution in [3.63, 3.8) is 0 Å². The molecule has 94 valence electrons. The van der Waals surface area contributed by atoms with Gasteiger partial charge in [-0.05, 0) is 18.5 Å². The second kappa shape index (κ2) is 5.28. The summed E-state index contributed by atoms with van der Waals surface area (Å²) in [4.78, 5) is 34.8. The van der Waals surface area contributed by atoms with E-state index in [1.54, 1.807) is 13.8 Å². The van der Waals surface area contributed by atoms with E-state index in [9.17, 15) is 14.4 Å². The van der Waals surface area contributed by atoms with Crippen molar-refractivity contribution in [2.24, 2.45) is 5.92 Å². The first-order valence-corrected chi connectivity index (χ1v) is 4.99. The third-order valence-corrected chi connectivity index (χ3v) is 2.16. The molecule has 1 heterocycles. The fraction of sp³-hybridized carbons (Fsp3) is 0.556. The number of carbonyl (C=O) groups is 2. The Morgan fingerprint density at radius 1 is 1.53 bits per heavy atom. The molecule has 0 spiro atoms. The summed E-state index contributed by atoms with van der Waals surface area (Å²) in [6, 6.07) is -0.353. The molecule has 0 fully saturated rings. The van der Waals surface area contributed by atoms with Crippen molar-refractivity contribution in [1.82, 2.24) is 15.5 Å². The number of hydrogen-bond acceptors (Lipinski definition) is 5. The molecule has 0 aliphatic carbocycles. The maximum absolute atomic E-state index is 11.5. The highest BCUT2D eigenvalue weighted by molar-refractivity contribution is 5.90. The first kappa shape index (κ1) is 12.9. The van der Waals surface area contributed by atoms with E-state index in [1.165, 1.54) is 0 Å². The number of aromatic amines is 1. The molecule has 0 aliphatic heterocycles. The summed E-state index contributed by atoms with van der Waals surface area (Å²) in [7, 11) is 0. The quantitative estimate of drug-likeness (QED) is 0.645. The van der Waals surface area contributed by atoms with Gasteiger partial charge in [-0.2, -0.15) is 0 Å². The fourth-order valence-corrected chi connectivity index (χ4v) is 1.31. The van der Waals surface area contributed by atoms with Crippen molar-refractivity contribution in [3.8, 4) is 0 Å². The van der Waals surface area contributed by atoms with Gasteiger partial charge in [-0.25, -0.2) is 4.79 Å². The van der Waals surface area contributed by atoms with Crippen LogP contribution in [0.25, 0.3) is 0 Å². The molecule has 2 unspecified atom stereocenters. The minimum absolute atomic E-state index is 0.232. The molecular weight excluding hydrogens is 230 g/mol. The van der Waals surface area contributed by atoms with Crippen molar-refractivity contribution in [2.45, 2.75) is 26.3 Å². The van der Waals surface area contributed by atoms with Crippen LogP contribution >= 0.6 is 0 Å². The largest absolute Gasteiger partial charge is 0.481 e. The van der Waals surface area contributed by atoms with Crippen LogP contribution in [-0.2, 0) is 4.79 Å². The highest BCUT2D eigenvalue weighted by atomic mass is 16.5. The monoisotopic (exact) mass is 243 g/mol. The lowest BCUT2D eigenvalue weighted by Crippen LogP contribution is -2.35. The van der Waals surface area contributed by atoms with Gasteiger partial charge in [0.1, 0.15) is 0 Å². The van der Waals surface area contributed by atoms with Crippen LogP contribution in [0.4, 0.5) is 0 Å². The number of amides is 1. The fourth-order valence-electron chi connectivity index (χ4n) is 1.31. The van der Waals surface area contributed by atoms with Gasteiger partial charge >= 0.3 is 11.7 Å². The highest BCUT2D eigenvalue weighted by Gasteiger charge is 2.19. The maximum atomic E-state index is 11.5. The number of nitrogens with one attached hydrogen (secondary N) is 2. The molecule has 0 aliphatic rings. The molecule has 0 aromatic carbocycles. The van der Waals surface area contributed by atoms with Gasteiger partial charge < -0.3 is 10.4 Å². The Morgan fingerprint density at radius 2 is 2.18 bits per heavy atom. The summed E-state index contributed by atoms with van der Waals surface area (Å²) in [6.07, 6.45) is 0.281. The zero-order valence-electron chi connectivity index (χ0n) is 9.39. The lowest BCUT2D eigenvalue weighted by Gasteiger charge is -2.14. The molecule has 1 aromatic rings. The first-order chi connectivity index (χ1) is 7.90. The van der Waals surface area contributed by atoms with E-state index in [4.69, 9.17) is 5.11 Å². The van der Waals surface area contributed by atoms with E-state index >= 15 is 0 Å². The second-order valence-electron chi connectivity index (χ2n) is 3.79. The second-order valence-corrected chi connectivity index (χ2v) is 3.79. The summed E-state index contributed by atoms with van der Waals surface area (Å²) < 4.78 is 4.17. The minimum atomic E-state index is -0.930. The summed E-state index contributed by atoms with van der Waals surface area (Å²) >= 11 is 0. The Balaban J connectivity index is 2.52.